The number of rotatable bonds is 8. The van der Waals surface area contributed by atoms with Gasteiger partial charge in [0, 0.05) is 39.4 Å². The van der Waals surface area contributed by atoms with Crippen LogP contribution in [0.3, 0.4) is 0 Å². The Morgan fingerprint density at radius 1 is 1.38 bits per heavy atom. The van der Waals surface area contributed by atoms with Gasteiger partial charge >= 0.3 is 9.28 Å². The Hall–Kier alpha value is 0.0569. The lowest BCUT2D eigenvalue weighted by atomic mass is 10.2. The highest BCUT2D eigenvalue weighted by Crippen LogP contribution is 2.03. The van der Waals surface area contributed by atoms with E-state index in [1.165, 1.54) is 0 Å². The standard InChI is InChI=1S/C8H22N2O2Si/c1-4-8(10-6-5-9)7-13(11-2)12-3/h8,10,13H,4-7,9H2,1-3H3. The van der Waals surface area contributed by atoms with Crippen LogP contribution in [-0.4, -0.2) is 42.6 Å². The fraction of sp³-hybridized carbons (Fsp3) is 1.00. The molecule has 0 aromatic carbocycles. The Morgan fingerprint density at radius 2 is 2.00 bits per heavy atom. The molecule has 4 nitrogen and oxygen atoms in total. The Labute approximate surface area is 82.6 Å². The first-order valence-electron chi connectivity index (χ1n) is 4.77. The zero-order chi connectivity index (χ0) is 10.1. The van der Waals surface area contributed by atoms with Crippen LogP contribution >= 0.6 is 0 Å². The van der Waals surface area contributed by atoms with Crippen molar-refractivity contribution < 1.29 is 8.85 Å². The summed E-state index contributed by atoms with van der Waals surface area (Å²) in [4.78, 5) is 0. The maximum absolute atomic E-state index is 5.41. The maximum atomic E-state index is 5.41. The van der Waals surface area contributed by atoms with E-state index in [0.29, 0.717) is 12.6 Å². The molecule has 0 aliphatic carbocycles. The van der Waals surface area contributed by atoms with Crippen molar-refractivity contribution in [3.8, 4) is 0 Å². The molecule has 1 unspecified atom stereocenters. The van der Waals surface area contributed by atoms with Crippen LogP contribution in [0.5, 0.6) is 0 Å². The molecule has 0 aliphatic heterocycles. The second-order valence-corrected chi connectivity index (χ2v) is 5.26. The smallest absolute Gasteiger partial charge is 0.322 e. The molecule has 0 saturated carbocycles. The van der Waals surface area contributed by atoms with E-state index >= 15 is 0 Å². The van der Waals surface area contributed by atoms with Crippen molar-refractivity contribution in [3.05, 3.63) is 0 Å². The molecular formula is C8H22N2O2Si. The van der Waals surface area contributed by atoms with Crippen molar-refractivity contribution in [2.24, 2.45) is 5.73 Å². The van der Waals surface area contributed by atoms with Crippen LogP contribution in [-0.2, 0) is 8.85 Å². The lowest BCUT2D eigenvalue weighted by Gasteiger charge is -2.19. The molecule has 0 aromatic heterocycles. The molecule has 0 heterocycles. The highest BCUT2D eigenvalue weighted by Gasteiger charge is 2.15. The fourth-order valence-corrected chi connectivity index (χ4v) is 2.74. The first-order chi connectivity index (χ1) is 6.28. The van der Waals surface area contributed by atoms with Gasteiger partial charge in [-0.15, -0.1) is 0 Å². The van der Waals surface area contributed by atoms with E-state index < -0.39 is 9.28 Å². The van der Waals surface area contributed by atoms with Gasteiger partial charge in [-0.2, -0.15) is 0 Å². The maximum Gasteiger partial charge on any atom is 0.322 e. The predicted octanol–water partition coefficient (Wildman–Crippen LogP) is -0.173. The molecular weight excluding hydrogens is 184 g/mol. The van der Waals surface area contributed by atoms with Gasteiger partial charge in [0.2, 0.25) is 0 Å². The van der Waals surface area contributed by atoms with Gasteiger partial charge in [-0.3, -0.25) is 0 Å². The molecule has 0 fully saturated rings. The molecule has 13 heavy (non-hydrogen) atoms. The summed E-state index contributed by atoms with van der Waals surface area (Å²) < 4.78 is 10.5. The minimum atomic E-state index is -1.41. The summed E-state index contributed by atoms with van der Waals surface area (Å²) in [6.45, 7) is 3.71. The molecule has 80 valence electrons. The van der Waals surface area contributed by atoms with Crippen molar-refractivity contribution in [3.63, 3.8) is 0 Å². The zero-order valence-corrected chi connectivity index (χ0v) is 10.0. The summed E-state index contributed by atoms with van der Waals surface area (Å²) in [7, 11) is 2.02. The van der Waals surface area contributed by atoms with Crippen molar-refractivity contribution in [1.82, 2.24) is 5.32 Å². The number of hydrogen-bond acceptors (Lipinski definition) is 4. The van der Waals surface area contributed by atoms with Crippen molar-refractivity contribution in [2.45, 2.75) is 25.4 Å². The molecule has 0 rings (SSSR count). The van der Waals surface area contributed by atoms with E-state index in [1.54, 1.807) is 14.2 Å². The molecule has 0 bridgehead atoms. The molecule has 0 saturated heterocycles. The summed E-state index contributed by atoms with van der Waals surface area (Å²) in [5.41, 5.74) is 5.41. The summed E-state index contributed by atoms with van der Waals surface area (Å²) in [5, 5.41) is 3.37. The summed E-state index contributed by atoms with van der Waals surface area (Å²) in [5.74, 6) is 0. The van der Waals surface area contributed by atoms with Gasteiger partial charge in [-0.05, 0) is 6.42 Å². The third-order valence-corrected chi connectivity index (χ3v) is 4.08. The SMILES string of the molecule is CCC(C[SiH](OC)OC)NCCN. The number of nitrogens with two attached hydrogens (primary N) is 1. The Bertz CT molecular complexity index is 112. The largest absolute Gasteiger partial charge is 0.400 e. The monoisotopic (exact) mass is 206 g/mol. The van der Waals surface area contributed by atoms with Crippen molar-refractivity contribution in [1.29, 1.82) is 0 Å². The second-order valence-electron chi connectivity index (χ2n) is 2.98. The van der Waals surface area contributed by atoms with Gasteiger partial charge in [-0.25, -0.2) is 0 Å². The van der Waals surface area contributed by atoms with Gasteiger partial charge in [-0.1, -0.05) is 6.92 Å². The van der Waals surface area contributed by atoms with E-state index in [9.17, 15) is 0 Å². The topological polar surface area (TPSA) is 56.5 Å². The van der Waals surface area contributed by atoms with E-state index in [2.05, 4.69) is 12.2 Å². The first-order valence-corrected chi connectivity index (χ1v) is 6.53. The zero-order valence-electron chi connectivity index (χ0n) is 8.88. The third kappa shape index (κ3) is 6.17. The van der Waals surface area contributed by atoms with E-state index in [0.717, 1.165) is 19.0 Å². The predicted molar refractivity (Wildman–Crippen MR) is 57.1 cm³/mol. The van der Waals surface area contributed by atoms with Crippen LogP contribution in [0.1, 0.15) is 13.3 Å². The van der Waals surface area contributed by atoms with Crippen LogP contribution in [0, 0.1) is 0 Å². The van der Waals surface area contributed by atoms with Gasteiger partial charge in [0.25, 0.3) is 0 Å². The van der Waals surface area contributed by atoms with Gasteiger partial charge in [0.15, 0.2) is 0 Å². The summed E-state index contributed by atoms with van der Waals surface area (Å²) in [6.07, 6.45) is 1.09. The minimum absolute atomic E-state index is 0.486. The minimum Gasteiger partial charge on any atom is -0.400 e. The van der Waals surface area contributed by atoms with E-state index in [-0.39, 0.29) is 0 Å². The quantitative estimate of drug-likeness (QED) is 0.541. The molecule has 3 N–H and O–H groups in total. The number of nitrogens with one attached hydrogen (secondary N) is 1. The average molecular weight is 206 g/mol. The molecule has 0 aromatic rings. The highest BCUT2D eigenvalue weighted by molar-refractivity contribution is 6.44. The van der Waals surface area contributed by atoms with Crippen LogP contribution in [0.2, 0.25) is 6.04 Å². The van der Waals surface area contributed by atoms with E-state index in [1.807, 2.05) is 0 Å². The lowest BCUT2D eigenvalue weighted by molar-refractivity contribution is 0.271. The van der Waals surface area contributed by atoms with Crippen LogP contribution < -0.4 is 11.1 Å². The first kappa shape index (κ1) is 13.1. The second kappa shape index (κ2) is 8.65. The van der Waals surface area contributed by atoms with Crippen LogP contribution in [0.25, 0.3) is 0 Å². The molecule has 0 aliphatic rings. The van der Waals surface area contributed by atoms with Crippen molar-refractivity contribution >= 4 is 9.28 Å². The summed E-state index contributed by atoms with van der Waals surface area (Å²) in [6, 6.07) is 1.49. The molecule has 0 radical (unpaired) electrons. The third-order valence-electron chi connectivity index (χ3n) is 2.07. The van der Waals surface area contributed by atoms with Crippen LogP contribution in [0.15, 0.2) is 0 Å². The Morgan fingerprint density at radius 3 is 2.38 bits per heavy atom. The molecule has 0 spiro atoms. The lowest BCUT2D eigenvalue weighted by Crippen LogP contribution is -2.37. The Kier molecular flexibility index (Phi) is 8.68. The van der Waals surface area contributed by atoms with E-state index in [4.69, 9.17) is 14.6 Å². The fourth-order valence-electron chi connectivity index (χ4n) is 1.20. The van der Waals surface area contributed by atoms with Gasteiger partial charge < -0.3 is 19.9 Å². The molecule has 0 amide bonds. The van der Waals surface area contributed by atoms with Gasteiger partial charge in [0.1, 0.15) is 0 Å². The average Bonchev–Trinajstić information content (AvgIpc) is 2.19. The van der Waals surface area contributed by atoms with Crippen LogP contribution in [0.4, 0.5) is 0 Å². The molecule has 1 atom stereocenters. The van der Waals surface area contributed by atoms with Crippen molar-refractivity contribution in [2.75, 3.05) is 27.3 Å². The normalized spacial score (nSPS) is 13.6. The Balaban J connectivity index is 3.67. The highest BCUT2D eigenvalue weighted by atomic mass is 28.3. The summed E-state index contributed by atoms with van der Waals surface area (Å²) >= 11 is 0. The number of hydrogen-bond donors (Lipinski definition) is 2. The molecule has 5 heteroatoms. The van der Waals surface area contributed by atoms with Gasteiger partial charge in [0.05, 0.1) is 0 Å².